The zero-order valence-electron chi connectivity index (χ0n) is 9.35. The van der Waals surface area contributed by atoms with Crippen molar-refractivity contribution in [3.8, 4) is 5.88 Å². The Balaban J connectivity index is 2.27. The van der Waals surface area contributed by atoms with Gasteiger partial charge in [-0.2, -0.15) is 4.98 Å². The van der Waals surface area contributed by atoms with Crippen LogP contribution >= 0.6 is 11.8 Å². The van der Waals surface area contributed by atoms with E-state index >= 15 is 0 Å². The van der Waals surface area contributed by atoms with E-state index in [9.17, 15) is 8.78 Å². The number of methoxy groups -OCH3 is 1. The number of halogens is 2. The number of anilines is 1. The number of aromatic nitrogens is 2. The summed E-state index contributed by atoms with van der Waals surface area (Å²) in [5.41, 5.74) is 5.49. The molecular formula is C11H9F2N3OS. The first kappa shape index (κ1) is 12.6. The van der Waals surface area contributed by atoms with Crippen molar-refractivity contribution < 1.29 is 13.5 Å². The van der Waals surface area contributed by atoms with Crippen molar-refractivity contribution in [1.82, 2.24) is 9.97 Å². The molecule has 4 nitrogen and oxygen atoms in total. The smallest absolute Gasteiger partial charge is 0.224 e. The molecule has 2 N–H and O–H groups in total. The van der Waals surface area contributed by atoms with E-state index in [1.54, 1.807) is 6.07 Å². The molecule has 0 atom stereocenters. The Kier molecular flexibility index (Phi) is 3.61. The van der Waals surface area contributed by atoms with Gasteiger partial charge in [0, 0.05) is 11.0 Å². The van der Waals surface area contributed by atoms with Crippen LogP contribution in [-0.4, -0.2) is 17.1 Å². The van der Waals surface area contributed by atoms with Crippen molar-refractivity contribution in [2.75, 3.05) is 12.8 Å². The molecule has 0 radical (unpaired) electrons. The first-order valence-corrected chi connectivity index (χ1v) is 5.71. The number of nitrogen functional groups attached to an aromatic ring is 1. The highest BCUT2D eigenvalue weighted by molar-refractivity contribution is 7.99. The molecule has 0 saturated heterocycles. The molecule has 94 valence electrons. The summed E-state index contributed by atoms with van der Waals surface area (Å²) in [6, 6.07) is 5.15. The highest BCUT2D eigenvalue weighted by Crippen LogP contribution is 2.29. The molecule has 0 bridgehead atoms. The van der Waals surface area contributed by atoms with Crippen LogP contribution in [0.1, 0.15) is 0 Å². The van der Waals surface area contributed by atoms with E-state index in [2.05, 4.69) is 9.97 Å². The Morgan fingerprint density at radius 1 is 1.17 bits per heavy atom. The number of ether oxygens (including phenoxy) is 1. The second kappa shape index (κ2) is 5.18. The van der Waals surface area contributed by atoms with Gasteiger partial charge in [0.25, 0.3) is 0 Å². The number of nitrogens with two attached hydrogens (primary N) is 1. The van der Waals surface area contributed by atoms with Crippen LogP contribution in [0.25, 0.3) is 0 Å². The van der Waals surface area contributed by atoms with Gasteiger partial charge in [-0.1, -0.05) is 11.8 Å². The van der Waals surface area contributed by atoms with Crippen LogP contribution in [0.5, 0.6) is 5.88 Å². The van der Waals surface area contributed by atoms with E-state index < -0.39 is 11.6 Å². The zero-order chi connectivity index (χ0) is 13.1. The molecule has 0 aliphatic carbocycles. The Morgan fingerprint density at radius 2 is 1.94 bits per heavy atom. The first-order valence-electron chi connectivity index (χ1n) is 4.90. The SMILES string of the molecule is COc1cc(Sc2ccc(F)c(F)c2)nc(N)n1. The van der Waals surface area contributed by atoms with Crippen molar-refractivity contribution in [2.45, 2.75) is 9.92 Å². The lowest BCUT2D eigenvalue weighted by molar-refractivity contribution is 0.396. The largest absolute Gasteiger partial charge is 0.481 e. The molecule has 0 fully saturated rings. The van der Waals surface area contributed by atoms with Gasteiger partial charge in [0.2, 0.25) is 11.8 Å². The average molecular weight is 269 g/mol. The van der Waals surface area contributed by atoms with E-state index in [0.29, 0.717) is 15.8 Å². The van der Waals surface area contributed by atoms with E-state index in [1.165, 1.54) is 13.2 Å². The Hall–Kier alpha value is -1.89. The summed E-state index contributed by atoms with van der Waals surface area (Å²) in [5, 5.41) is 0.491. The molecule has 0 aliphatic rings. The third-order valence-electron chi connectivity index (χ3n) is 2.02. The molecule has 1 aromatic heterocycles. The third-order valence-corrected chi connectivity index (χ3v) is 2.93. The van der Waals surface area contributed by atoms with Gasteiger partial charge < -0.3 is 10.5 Å². The van der Waals surface area contributed by atoms with Gasteiger partial charge >= 0.3 is 0 Å². The Bertz CT molecular complexity index is 580. The van der Waals surface area contributed by atoms with Crippen LogP contribution in [0, 0.1) is 11.6 Å². The van der Waals surface area contributed by atoms with Crippen molar-refractivity contribution in [1.29, 1.82) is 0 Å². The molecule has 0 spiro atoms. The fraction of sp³-hybridized carbons (Fsp3) is 0.0909. The van der Waals surface area contributed by atoms with Gasteiger partial charge in [-0.15, -0.1) is 0 Å². The maximum Gasteiger partial charge on any atom is 0.224 e. The van der Waals surface area contributed by atoms with Gasteiger partial charge in [0.1, 0.15) is 5.03 Å². The minimum atomic E-state index is -0.908. The van der Waals surface area contributed by atoms with Crippen molar-refractivity contribution in [2.24, 2.45) is 0 Å². The monoisotopic (exact) mass is 269 g/mol. The topological polar surface area (TPSA) is 61.0 Å². The minimum Gasteiger partial charge on any atom is -0.481 e. The Morgan fingerprint density at radius 3 is 2.61 bits per heavy atom. The number of rotatable bonds is 3. The van der Waals surface area contributed by atoms with Crippen LogP contribution in [0.3, 0.4) is 0 Å². The minimum absolute atomic E-state index is 0.0550. The van der Waals surface area contributed by atoms with E-state index in [1.807, 2.05) is 0 Å². The molecule has 2 rings (SSSR count). The predicted molar refractivity (Wildman–Crippen MR) is 63.5 cm³/mol. The number of hydrogen-bond acceptors (Lipinski definition) is 5. The second-order valence-corrected chi connectivity index (χ2v) is 4.38. The number of nitrogens with zero attached hydrogens (tertiary/aromatic N) is 2. The lowest BCUT2D eigenvalue weighted by Gasteiger charge is -2.04. The molecule has 2 aromatic rings. The zero-order valence-corrected chi connectivity index (χ0v) is 10.2. The van der Waals surface area contributed by atoms with Crippen LogP contribution in [0.15, 0.2) is 34.2 Å². The van der Waals surface area contributed by atoms with Gasteiger partial charge in [-0.05, 0) is 18.2 Å². The lowest BCUT2D eigenvalue weighted by Crippen LogP contribution is -1.98. The highest BCUT2D eigenvalue weighted by Gasteiger charge is 2.07. The maximum atomic E-state index is 13.0. The van der Waals surface area contributed by atoms with Crippen LogP contribution < -0.4 is 10.5 Å². The van der Waals surface area contributed by atoms with Gasteiger partial charge in [0.15, 0.2) is 11.6 Å². The summed E-state index contributed by atoms with van der Waals surface area (Å²) in [6.07, 6.45) is 0. The molecular weight excluding hydrogens is 260 g/mol. The van der Waals surface area contributed by atoms with E-state index in [4.69, 9.17) is 10.5 Å². The van der Waals surface area contributed by atoms with E-state index in [-0.39, 0.29) is 5.95 Å². The van der Waals surface area contributed by atoms with Crippen molar-refractivity contribution in [3.63, 3.8) is 0 Å². The van der Waals surface area contributed by atoms with Crippen molar-refractivity contribution in [3.05, 3.63) is 35.9 Å². The quantitative estimate of drug-likeness (QED) is 0.867. The fourth-order valence-corrected chi connectivity index (χ4v) is 2.08. The molecule has 0 unspecified atom stereocenters. The second-order valence-electron chi connectivity index (χ2n) is 3.28. The fourth-order valence-electron chi connectivity index (χ4n) is 1.24. The van der Waals surface area contributed by atoms with Gasteiger partial charge in [-0.25, -0.2) is 13.8 Å². The predicted octanol–water partition coefficient (Wildman–Crippen LogP) is 2.50. The summed E-state index contributed by atoms with van der Waals surface area (Å²) >= 11 is 1.14. The first-order chi connectivity index (χ1) is 8.58. The number of hydrogen-bond donors (Lipinski definition) is 1. The molecule has 0 amide bonds. The van der Waals surface area contributed by atoms with Crippen LogP contribution in [0.2, 0.25) is 0 Å². The molecule has 1 aromatic carbocycles. The third kappa shape index (κ3) is 2.86. The maximum absolute atomic E-state index is 13.0. The lowest BCUT2D eigenvalue weighted by atomic mass is 10.3. The summed E-state index contributed by atoms with van der Waals surface area (Å²) in [5.74, 6) is -1.43. The van der Waals surface area contributed by atoms with Crippen LogP contribution in [0.4, 0.5) is 14.7 Å². The standard InChI is InChI=1S/C11H9F2N3OS/c1-17-9-5-10(16-11(14)15-9)18-6-2-3-7(12)8(13)4-6/h2-5H,1H3,(H2,14,15,16). The molecule has 0 aliphatic heterocycles. The molecule has 18 heavy (non-hydrogen) atoms. The van der Waals surface area contributed by atoms with Gasteiger partial charge in [-0.3, -0.25) is 0 Å². The average Bonchev–Trinajstić information content (AvgIpc) is 2.33. The molecule has 7 heteroatoms. The van der Waals surface area contributed by atoms with E-state index in [0.717, 1.165) is 23.9 Å². The van der Waals surface area contributed by atoms with Crippen LogP contribution in [-0.2, 0) is 0 Å². The summed E-state index contributed by atoms with van der Waals surface area (Å²) < 4.78 is 30.7. The highest BCUT2D eigenvalue weighted by atomic mass is 32.2. The summed E-state index contributed by atoms with van der Waals surface area (Å²) in [6.45, 7) is 0. The summed E-state index contributed by atoms with van der Waals surface area (Å²) in [4.78, 5) is 8.29. The number of benzene rings is 1. The summed E-state index contributed by atoms with van der Waals surface area (Å²) in [7, 11) is 1.45. The van der Waals surface area contributed by atoms with Gasteiger partial charge in [0.05, 0.1) is 7.11 Å². The Labute approximate surface area is 106 Å². The van der Waals surface area contributed by atoms with Crippen molar-refractivity contribution >= 4 is 17.7 Å². The molecule has 0 saturated carbocycles. The molecule has 1 heterocycles. The normalized spacial score (nSPS) is 10.4.